The average Bonchev–Trinajstić information content (AvgIpc) is 2.57. The highest BCUT2D eigenvalue weighted by Crippen LogP contribution is 2.28. The number of nitrogens with zero attached hydrogens (tertiary/aromatic N) is 1. The van der Waals surface area contributed by atoms with Gasteiger partial charge >= 0.3 is 0 Å². The summed E-state index contributed by atoms with van der Waals surface area (Å²) >= 11 is 11.8. The number of carbonyl (C=O) groups is 1. The SMILES string of the molecule is COc1cc(C=CC(=O)Nc2cc(Cl)cc(Cl)c2)ccc1OCC#N. The maximum Gasteiger partial charge on any atom is 0.248 e. The zero-order valence-electron chi connectivity index (χ0n) is 13.3. The molecule has 2 aromatic rings. The van der Waals surface area contributed by atoms with Crippen molar-refractivity contribution in [1.29, 1.82) is 5.26 Å². The third-order valence-electron chi connectivity index (χ3n) is 3.04. The Labute approximate surface area is 155 Å². The fourth-order valence-corrected chi connectivity index (χ4v) is 2.52. The van der Waals surface area contributed by atoms with Gasteiger partial charge in [-0.15, -0.1) is 0 Å². The van der Waals surface area contributed by atoms with Crippen molar-refractivity contribution in [2.24, 2.45) is 0 Å². The summed E-state index contributed by atoms with van der Waals surface area (Å²) < 4.78 is 10.5. The van der Waals surface area contributed by atoms with Crippen LogP contribution in [0.15, 0.2) is 42.5 Å². The molecule has 0 atom stereocenters. The van der Waals surface area contributed by atoms with Crippen LogP contribution in [0.25, 0.3) is 6.08 Å². The molecule has 5 nitrogen and oxygen atoms in total. The van der Waals surface area contributed by atoms with Crippen LogP contribution >= 0.6 is 23.2 Å². The molecule has 0 radical (unpaired) electrons. The zero-order chi connectivity index (χ0) is 18.2. The molecule has 0 aliphatic carbocycles. The smallest absolute Gasteiger partial charge is 0.248 e. The van der Waals surface area contributed by atoms with Crippen LogP contribution in [-0.2, 0) is 4.79 Å². The van der Waals surface area contributed by atoms with Gasteiger partial charge in [-0.25, -0.2) is 0 Å². The third kappa shape index (κ3) is 5.71. The summed E-state index contributed by atoms with van der Waals surface area (Å²) in [5, 5.41) is 12.1. The van der Waals surface area contributed by atoms with Crippen molar-refractivity contribution in [2.45, 2.75) is 0 Å². The topological polar surface area (TPSA) is 71.3 Å². The standard InChI is InChI=1S/C18H14Cl2N2O3/c1-24-17-8-12(2-4-16(17)25-7-6-21)3-5-18(23)22-15-10-13(19)9-14(20)11-15/h2-5,8-11H,7H2,1H3,(H,22,23). The van der Waals surface area contributed by atoms with E-state index in [1.165, 1.54) is 13.2 Å². The molecule has 0 aliphatic heterocycles. The Morgan fingerprint density at radius 1 is 1.20 bits per heavy atom. The van der Waals surface area contributed by atoms with Crippen LogP contribution in [0.5, 0.6) is 11.5 Å². The summed E-state index contributed by atoms with van der Waals surface area (Å²) in [7, 11) is 1.50. The molecule has 0 bridgehead atoms. The largest absolute Gasteiger partial charge is 0.493 e. The lowest BCUT2D eigenvalue weighted by atomic mass is 10.2. The average molecular weight is 377 g/mol. The summed E-state index contributed by atoms with van der Waals surface area (Å²) in [5.41, 5.74) is 1.24. The van der Waals surface area contributed by atoms with Gasteiger partial charge in [0.05, 0.1) is 7.11 Å². The highest BCUT2D eigenvalue weighted by molar-refractivity contribution is 6.35. The number of hydrogen-bond donors (Lipinski definition) is 1. The zero-order valence-corrected chi connectivity index (χ0v) is 14.8. The van der Waals surface area contributed by atoms with E-state index in [9.17, 15) is 4.79 Å². The predicted molar refractivity (Wildman–Crippen MR) is 98.2 cm³/mol. The molecule has 0 fully saturated rings. The molecule has 0 aromatic heterocycles. The monoisotopic (exact) mass is 376 g/mol. The number of methoxy groups -OCH3 is 1. The van der Waals surface area contributed by atoms with Crippen molar-refractivity contribution in [3.05, 3.63) is 58.1 Å². The normalized spacial score (nSPS) is 10.3. The van der Waals surface area contributed by atoms with Gasteiger partial charge in [0.25, 0.3) is 0 Å². The maximum atomic E-state index is 12.0. The van der Waals surface area contributed by atoms with Crippen molar-refractivity contribution < 1.29 is 14.3 Å². The number of hydrogen-bond acceptors (Lipinski definition) is 4. The first-order valence-electron chi connectivity index (χ1n) is 7.15. The Bertz CT molecular complexity index is 824. The minimum atomic E-state index is -0.331. The lowest BCUT2D eigenvalue weighted by molar-refractivity contribution is -0.111. The second-order valence-corrected chi connectivity index (χ2v) is 5.71. The summed E-state index contributed by atoms with van der Waals surface area (Å²) in [4.78, 5) is 12.0. The van der Waals surface area contributed by atoms with E-state index < -0.39 is 0 Å². The van der Waals surface area contributed by atoms with Gasteiger partial charge < -0.3 is 14.8 Å². The molecule has 128 valence electrons. The Morgan fingerprint density at radius 3 is 2.56 bits per heavy atom. The van der Waals surface area contributed by atoms with Crippen LogP contribution in [0.1, 0.15) is 5.56 Å². The molecule has 2 aromatic carbocycles. The Kier molecular flexibility index (Phi) is 6.70. The van der Waals surface area contributed by atoms with E-state index >= 15 is 0 Å². The summed E-state index contributed by atoms with van der Waals surface area (Å²) in [6, 6.07) is 11.8. The molecule has 1 N–H and O–H groups in total. The van der Waals surface area contributed by atoms with Gasteiger partial charge in [0.2, 0.25) is 5.91 Å². The number of nitriles is 1. The van der Waals surface area contributed by atoms with Gasteiger partial charge in [-0.1, -0.05) is 29.3 Å². The van der Waals surface area contributed by atoms with Crippen molar-refractivity contribution in [3.8, 4) is 17.6 Å². The lowest BCUT2D eigenvalue weighted by Gasteiger charge is -2.08. The Hall–Kier alpha value is -2.68. The van der Waals surface area contributed by atoms with Gasteiger partial charge in [0.15, 0.2) is 18.1 Å². The van der Waals surface area contributed by atoms with Gasteiger partial charge in [-0.3, -0.25) is 4.79 Å². The van der Waals surface area contributed by atoms with E-state index in [2.05, 4.69) is 5.32 Å². The fraction of sp³-hybridized carbons (Fsp3) is 0.111. The molecule has 25 heavy (non-hydrogen) atoms. The quantitative estimate of drug-likeness (QED) is 0.750. The highest BCUT2D eigenvalue weighted by Gasteiger charge is 2.05. The first-order valence-corrected chi connectivity index (χ1v) is 7.90. The first kappa shape index (κ1) is 18.7. The Balaban J connectivity index is 2.07. The van der Waals surface area contributed by atoms with Gasteiger partial charge in [-0.2, -0.15) is 5.26 Å². The van der Waals surface area contributed by atoms with Gasteiger partial charge in [-0.05, 0) is 42.0 Å². The van der Waals surface area contributed by atoms with Gasteiger partial charge in [0.1, 0.15) is 6.07 Å². The first-order chi connectivity index (χ1) is 12.0. The molecule has 0 aliphatic rings. The molecule has 0 unspecified atom stereocenters. The van der Waals surface area contributed by atoms with Crippen LogP contribution in [0.3, 0.4) is 0 Å². The van der Waals surface area contributed by atoms with E-state index in [0.29, 0.717) is 27.2 Å². The number of anilines is 1. The van der Waals surface area contributed by atoms with E-state index in [0.717, 1.165) is 5.56 Å². The molecular formula is C18H14Cl2N2O3. The molecule has 2 rings (SSSR count). The van der Waals surface area contributed by atoms with Crippen molar-refractivity contribution >= 4 is 40.9 Å². The number of nitrogens with one attached hydrogen (secondary N) is 1. The van der Waals surface area contributed by atoms with Crippen molar-refractivity contribution in [3.63, 3.8) is 0 Å². The summed E-state index contributed by atoms with van der Waals surface area (Å²) in [6.45, 7) is -0.0733. The van der Waals surface area contributed by atoms with Crippen LogP contribution in [-0.4, -0.2) is 19.6 Å². The molecule has 7 heteroatoms. The van der Waals surface area contributed by atoms with Crippen LogP contribution in [0.4, 0.5) is 5.69 Å². The third-order valence-corrected chi connectivity index (χ3v) is 3.47. The minimum Gasteiger partial charge on any atom is -0.493 e. The molecule has 1 amide bonds. The molecule has 0 spiro atoms. The maximum absolute atomic E-state index is 12.0. The second-order valence-electron chi connectivity index (χ2n) is 4.84. The van der Waals surface area contributed by atoms with E-state index in [4.69, 9.17) is 37.9 Å². The second kappa shape index (κ2) is 8.97. The van der Waals surface area contributed by atoms with E-state index in [1.54, 1.807) is 42.5 Å². The number of amides is 1. The predicted octanol–water partition coefficient (Wildman–Crippen LogP) is 4.56. The molecule has 0 saturated carbocycles. The summed E-state index contributed by atoms with van der Waals surface area (Å²) in [6.07, 6.45) is 3.00. The lowest BCUT2D eigenvalue weighted by Crippen LogP contribution is -2.07. The minimum absolute atomic E-state index is 0.0733. The number of benzene rings is 2. The number of ether oxygens (including phenoxy) is 2. The Morgan fingerprint density at radius 2 is 1.92 bits per heavy atom. The van der Waals surface area contributed by atoms with Crippen molar-refractivity contribution in [2.75, 3.05) is 19.0 Å². The van der Waals surface area contributed by atoms with Gasteiger partial charge in [0, 0.05) is 21.8 Å². The van der Waals surface area contributed by atoms with Crippen LogP contribution in [0, 0.1) is 11.3 Å². The summed E-state index contributed by atoms with van der Waals surface area (Å²) in [5.74, 6) is 0.598. The van der Waals surface area contributed by atoms with Crippen LogP contribution < -0.4 is 14.8 Å². The molecule has 0 saturated heterocycles. The van der Waals surface area contributed by atoms with Crippen LogP contribution in [0.2, 0.25) is 10.0 Å². The van der Waals surface area contributed by atoms with E-state index in [1.807, 2.05) is 6.07 Å². The van der Waals surface area contributed by atoms with E-state index in [-0.39, 0.29) is 12.5 Å². The highest BCUT2D eigenvalue weighted by atomic mass is 35.5. The molecular weight excluding hydrogens is 363 g/mol. The number of carbonyl (C=O) groups excluding carboxylic acids is 1. The number of rotatable bonds is 6. The molecule has 0 heterocycles. The van der Waals surface area contributed by atoms with Crippen molar-refractivity contribution in [1.82, 2.24) is 0 Å². The fourth-order valence-electron chi connectivity index (χ4n) is 2.00. The number of halogens is 2.